The van der Waals surface area contributed by atoms with Crippen molar-refractivity contribution < 1.29 is 19.1 Å². The Morgan fingerprint density at radius 3 is 2.25 bits per heavy atom. The van der Waals surface area contributed by atoms with Crippen LogP contribution < -0.4 is 5.32 Å². The van der Waals surface area contributed by atoms with Crippen LogP contribution in [0, 0.1) is 0 Å². The summed E-state index contributed by atoms with van der Waals surface area (Å²) in [4.78, 5) is 31.1. The minimum atomic E-state index is -1.18. The monoisotopic (exact) mass is 183 g/mol. The Kier molecular flexibility index (Phi) is 8.57. The molecule has 0 aromatic heterocycles. The Labute approximate surface area is 92.1 Å². The van der Waals surface area contributed by atoms with Crippen molar-refractivity contribution >= 4 is 47.7 Å². The SMILES string of the molecule is COC(=O)C(C=O)NC(C)=O.[NaH]. The van der Waals surface area contributed by atoms with Crippen molar-refractivity contribution in [2.45, 2.75) is 13.0 Å². The molecule has 0 fully saturated rings. The number of hydrogen-bond donors (Lipinski definition) is 1. The van der Waals surface area contributed by atoms with Crippen LogP contribution in [0.25, 0.3) is 0 Å². The molecule has 0 heterocycles. The van der Waals surface area contributed by atoms with Gasteiger partial charge in [0.1, 0.15) is 0 Å². The molecule has 6 heteroatoms. The summed E-state index contributed by atoms with van der Waals surface area (Å²) >= 11 is 0. The normalized spacial score (nSPS) is 10.5. The Bertz CT molecular complexity index is 182. The number of carbonyl (C=O) groups excluding carboxylic acids is 3. The molecular formula is C6H10NNaO4. The third-order valence-electron chi connectivity index (χ3n) is 0.950. The molecule has 5 nitrogen and oxygen atoms in total. The quantitative estimate of drug-likeness (QED) is 0.243. The van der Waals surface area contributed by atoms with Crippen LogP contribution in [-0.4, -0.2) is 60.9 Å². The van der Waals surface area contributed by atoms with E-state index in [4.69, 9.17) is 0 Å². The molecule has 64 valence electrons. The number of nitrogens with one attached hydrogen (secondary N) is 1. The molecule has 1 amide bonds. The summed E-state index contributed by atoms with van der Waals surface area (Å²) in [6, 6.07) is -1.18. The first-order valence-corrected chi connectivity index (χ1v) is 2.92. The van der Waals surface area contributed by atoms with Gasteiger partial charge in [0.2, 0.25) is 5.91 Å². The molecule has 0 bridgehead atoms. The fourth-order valence-electron chi connectivity index (χ4n) is 0.494. The molecule has 0 aromatic carbocycles. The molecule has 0 rings (SSSR count). The molecule has 0 saturated heterocycles. The summed E-state index contributed by atoms with van der Waals surface area (Å²) in [5, 5.41) is 2.10. The predicted octanol–water partition coefficient (Wildman–Crippen LogP) is -1.79. The third-order valence-corrected chi connectivity index (χ3v) is 0.950. The van der Waals surface area contributed by atoms with Crippen molar-refractivity contribution in [3.05, 3.63) is 0 Å². The standard InChI is InChI=1S/C6H9NO4.Na.H/c1-4(9)7-5(3-8)6(10)11-2;;/h3,5H,1-2H3,(H,7,9);;. The summed E-state index contributed by atoms with van der Waals surface area (Å²) in [5.41, 5.74) is 0. The maximum absolute atomic E-state index is 10.6. The second kappa shape index (κ2) is 7.27. The average molecular weight is 183 g/mol. The van der Waals surface area contributed by atoms with Gasteiger partial charge in [-0.15, -0.1) is 0 Å². The van der Waals surface area contributed by atoms with E-state index in [0.717, 1.165) is 7.11 Å². The summed E-state index contributed by atoms with van der Waals surface area (Å²) in [6.07, 6.45) is 0.313. The van der Waals surface area contributed by atoms with E-state index in [9.17, 15) is 14.4 Å². The van der Waals surface area contributed by atoms with Crippen LogP contribution in [0.3, 0.4) is 0 Å². The topological polar surface area (TPSA) is 72.5 Å². The van der Waals surface area contributed by atoms with Gasteiger partial charge < -0.3 is 14.8 Å². The summed E-state index contributed by atoms with van der Waals surface area (Å²) < 4.78 is 4.22. The molecule has 12 heavy (non-hydrogen) atoms. The van der Waals surface area contributed by atoms with E-state index in [0.29, 0.717) is 6.29 Å². The molecule has 1 atom stereocenters. The second-order valence-electron chi connectivity index (χ2n) is 1.84. The number of methoxy groups -OCH3 is 1. The molecule has 0 saturated carbocycles. The van der Waals surface area contributed by atoms with Gasteiger partial charge >= 0.3 is 35.5 Å². The molecule has 0 aliphatic rings. The number of ether oxygens (including phenoxy) is 1. The molecule has 0 aliphatic heterocycles. The second-order valence-corrected chi connectivity index (χ2v) is 1.84. The van der Waals surface area contributed by atoms with Gasteiger partial charge in [-0.1, -0.05) is 0 Å². The van der Waals surface area contributed by atoms with Crippen LogP contribution >= 0.6 is 0 Å². The van der Waals surface area contributed by atoms with Gasteiger partial charge in [0, 0.05) is 6.92 Å². The van der Waals surface area contributed by atoms with Crippen molar-refractivity contribution in [1.29, 1.82) is 0 Å². The minimum absolute atomic E-state index is 0. The zero-order chi connectivity index (χ0) is 8.85. The summed E-state index contributed by atoms with van der Waals surface area (Å²) in [7, 11) is 1.14. The maximum atomic E-state index is 10.6. The van der Waals surface area contributed by atoms with E-state index in [1.54, 1.807) is 0 Å². The van der Waals surface area contributed by atoms with Crippen molar-refractivity contribution in [2.75, 3.05) is 7.11 Å². The summed E-state index contributed by atoms with van der Waals surface area (Å²) in [6.45, 7) is 1.21. The third kappa shape index (κ3) is 5.29. The van der Waals surface area contributed by atoms with Gasteiger partial charge in [-0.05, 0) is 0 Å². The predicted molar refractivity (Wildman–Crippen MR) is 42.8 cm³/mol. The van der Waals surface area contributed by atoms with Crippen LogP contribution in [0.2, 0.25) is 0 Å². The van der Waals surface area contributed by atoms with Gasteiger partial charge in [0.25, 0.3) is 0 Å². The van der Waals surface area contributed by atoms with E-state index >= 15 is 0 Å². The Morgan fingerprint density at radius 2 is 2.00 bits per heavy atom. The van der Waals surface area contributed by atoms with Crippen molar-refractivity contribution in [1.82, 2.24) is 5.32 Å². The first-order chi connectivity index (χ1) is 5.11. The van der Waals surface area contributed by atoms with Crippen LogP contribution in [0.4, 0.5) is 0 Å². The Balaban J connectivity index is 0. The molecule has 1 N–H and O–H groups in total. The number of rotatable bonds is 3. The number of amides is 1. The number of hydrogen-bond acceptors (Lipinski definition) is 4. The van der Waals surface area contributed by atoms with E-state index in [2.05, 4.69) is 10.1 Å². The van der Waals surface area contributed by atoms with Gasteiger partial charge in [-0.2, -0.15) is 0 Å². The Morgan fingerprint density at radius 1 is 1.50 bits per heavy atom. The average Bonchev–Trinajstić information content (AvgIpc) is 1.98. The zero-order valence-electron chi connectivity index (χ0n) is 6.29. The molecular weight excluding hydrogens is 173 g/mol. The van der Waals surface area contributed by atoms with Crippen molar-refractivity contribution in [3.8, 4) is 0 Å². The molecule has 0 spiro atoms. The molecule has 0 aromatic rings. The Hall–Kier alpha value is -0.390. The van der Waals surface area contributed by atoms with Gasteiger partial charge in [-0.3, -0.25) is 4.79 Å². The molecule has 0 radical (unpaired) electrons. The number of aldehydes is 1. The molecule has 0 aliphatic carbocycles. The summed E-state index contributed by atoms with van der Waals surface area (Å²) in [5.74, 6) is -1.22. The number of esters is 1. The van der Waals surface area contributed by atoms with Crippen molar-refractivity contribution in [3.63, 3.8) is 0 Å². The van der Waals surface area contributed by atoms with E-state index in [-0.39, 0.29) is 29.6 Å². The van der Waals surface area contributed by atoms with Crippen molar-refractivity contribution in [2.24, 2.45) is 0 Å². The van der Waals surface area contributed by atoms with Crippen LogP contribution in [0.5, 0.6) is 0 Å². The zero-order valence-corrected chi connectivity index (χ0v) is 6.29. The molecule has 1 unspecified atom stereocenters. The van der Waals surface area contributed by atoms with Gasteiger partial charge in [-0.25, -0.2) is 4.79 Å². The fourth-order valence-corrected chi connectivity index (χ4v) is 0.494. The van der Waals surface area contributed by atoms with Crippen LogP contribution in [0.15, 0.2) is 0 Å². The first-order valence-electron chi connectivity index (χ1n) is 2.92. The van der Waals surface area contributed by atoms with E-state index in [1.807, 2.05) is 0 Å². The van der Waals surface area contributed by atoms with E-state index < -0.39 is 17.9 Å². The van der Waals surface area contributed by atoms with E-state index in [1.165, 1.54) is 6.92 Å². The van der Waals surface area contributed by atoms with Crippen LogP contribution in [-0.2, 0) is 19.1 Å². The fraction of sp³-hybridized carbons (Fsp3) is 0.500. The van der Waals surface area contributed by atoms with Crippen LogP contribution in [0.1, 0.15) is 6.92 Å². The van der Waals surface area contributed by atoms with Gasteiger partial charge in [0.05, 0.1) is 7.11 Å². The van der Waals surface area contributed by atoms with Gasteiger partial charge in [0.15, 0.2) is 12.3 Å². The number of carbonyl (C=O) groups is 3. The first kappa shape index (κ1) is 14.2.